The third-order valence-corrected chi connectivity index (χ3v) is 7.48. The molecular formula is C25H24N2O5S. The molecule has 33 heavy (non-hydrogen) atoms. The molecule has 0 aromatic heterocycles. The molecule has 0 spiro atoms. The first-order valence-corrected chi connectivity index (χ1v) is 11.9. The predicted molar refractivity (Wildman–Crippen MR) is 124 cm³/mol. The maximum absolute atomic E-state index is 13.6. The van der Waals surface area contributed by atoms with Crippen LogP contribution in [-0.2, 0) is 26.2 Å². The van der Waals surface area contributed by atoms with Gasteiger partial charge >= 0.3 is 0 Å². The average molecular weight is 465 g/mol. The van der Waals surface area contributed by atoms with E-state index in [1.807, 2.05) is 13.0 Å². The van der Waals surface area contributed by atoms with Crippen LogP contribution in [0.1, 0.15) is 17.5 Å². The number of imide groups is 1. The van der Waals surface area contributed by atoms with Gasteiger partial charge in [0.1, 0.15) is 11.8 Å². The van der Waals surface area contributed by atoms with E-state index in [9.17, 15) is 18.0 Å². The van der Waals surface area contributed by atoms with E-state index >= 15 is 0 Å². The van der Waals surface area contributed by atoms with Crippen LogP contribution in [0.3, 0.4) is 0 Å². The van der Waals surface area contributed by atoms with E-state index in [0.717, 1.165) is 20.3 Å². The van der Waals surface area contributed by atoms with Gasteiger partial charge in [0.15, 0.2) is 0 Å². The SMILES string of the molecule is COc1ccc(N2C(=O)CC(N(Cc3ccccc3)S(=O)(=O)c3ccc(C)cc3)C2=O)cc1. The Kier molecular flexibility index (Phi) is 6.31. The molecule has 1 aliphatic heterocycles. The Bertz CT molecular complexity index is 1260. The number of hydrogen-bond donors (Lipinski definition) is 0. The fraction of sp³-hybridized carbons (Fsp3) is 0.200. The Morgan fingerprint density at radius 3 is 2.18 bits per heavy atom. The zero-order valence-corrected chi connectivity index (χ0v) is 19.2. The van der Waals surface area contributed by atoms with Gasteiger partial charge in [-0.15, -0.1) is 0 Å². The van der Waals surface area contributed by atoms with Crippen molar-refractivity contribution < 1.29 is 22.7 Å². The monoisotopic (exact) mass is 464 g/mol. The number of sulfonamides is 1. The molecular weight excluding hydrogens is 440 g/mol. The zero-order valence-electron chi connectivity index (χ0n) is 18.3. The van der Waals surface area contributed by atoms with Crippen LogP contribution in [0, 0.1) is 6.92 Å². The van der Waals surface area contributed by atoms with Gasteiger partial charge in [0.25, 0.3) is 5.91 Å². The second-order valence-corrected chi connectivity index (χ2v) is 9.72. The lowest BCUT2D eigenvalue weighted by atomic mass is 10.2. The number of carbonyl (C=O) groups is 2. The Morgan fingerprint density at radius 1 is 0.939 bits per heavy atom. The van der Waals surface area contributed by atoms with Gasteiger partial charge in [-0.3, -0.25) is 9.59 Å². The lowest BCUT2D eigenvalue weighted by molar-refractivity contribution is -0.122. The summed E-state index contributed by atoms with van der Waals surface area (Å²) in [6, 6.07) is 20.8. The van der Waals surface area contributed by atoms with Crippen molar-refractivity contribution in [3.63, 3.8) is 0 Å². The van der Waals surface area contributed by atoms with E-state index in [1.165, 1.54) is 19.2 Å². The molecule has 0 radical (unpaired) electrons. The lowest BCUT2D eigenvalue weighted by Crippen LogP contribution is -2.45. The van der Waals surface area contributed by atoms with E-state index < -0.39 is 27.9 Å². The second-order valence-electron chi connectivity index (χ2n) is 7.83. The minimum Gasteiger partial charge on any atom is -0.497 e. The van der Waals surface area contributed by atoms with Crippen molar-refractivity contribution in [2.75, 3.05) is 12.0 Å². The quantitative estimate of drug-likeness (QED) is 0.500. The maximum Gasteiger partial charge on any atom is 0.252 e. The molecule has 1 unspecified atom stereocenters. The van der Waals surface area contributed by atoms with E-state index in [0.29, 0.717) is 11.4 Å². The largest absolute Gasteiger partial charge is 0.497 e. The molecule has 4 rings (SSSR count). The van der Waals surface area contributed by atoms with Crippen LogP contribution in [0.4, 0.5) is 5.69 Å². The van der Waals surface area contributed by atoms with Crippen molar-refractivity contribution in [3.8, 4) is 5.75 Å². The molecule has 1 heterocycles. The minimum absolute atomic E-state index is 0.0306. The number of carbonyl (C=O) groups excluding carboxylic acids is 2. The fourth-order valence-corrected chi connectivity index (χ4v) is 5.38. The molecule has 2 amide bonds. The highest BCUT2D eigenvalue weighted by molar-refractivity contribution is 7.89. The average Bonchev–Trinajstić information content (AvgIpc) is 3.11. The van der Waals surface area contributed by atoms with Gasteiger partial charge in [0, 0.05) is 6.54 Å². The summed E-state index contributed by atoms with van der Waals surface area (Å²) in [5, 5.41) is 0. The van der Waals surface area contributed by atoms with E-state index in [1.54, 1.807) is 60.7 Å². The van der Waals surface area contributed by atoms with Crippen LogP contribution < -0.4 is 9.64 Å². The number of benzene rings is 3. The fourth-order valence-electron chi connectivity index (χ4n) is 3.82. The second kappa shape index (κ2) is 9.17. The van der Waals surface area contributed by atoms with Crippen molar-refractivity contribution in [3.05, 3.63) is 90.0 Å². The summed E-state index contributed by atoms with van der Waals surface area (Å²) in [6.07, 6.45) is -0.233. The van der Waals surface area contributed by atoms with E-state index in [2.05, 4.69) is 0 Å². The van der Waals surface area contributed by atoms with Crippen LogP contribution in [0.25, 0.3) is 0 Å². The van der Waals surface area contributed by atoms with Crippen molar-refractivity contribution in [2.45, 2.75) is 30.8 Å². The third kappa shape index (κ3) is 4.53. The molecule has 0 saturated carbocycles. The molecule has 3 aromatic carbocycles. The Hall–Kier alpha value is -3.49. The number of hydrogen-bond acceptors (Lipinski definition) is 5. The predicted octanol–water partition coefficient (Wildman–Crippen LogP) is 3.53. The standard InChI is InChI=1S/C25H24N2O5S/c1-18-8-14-22(15-9-18)33(30,31)26(17-19-6-4-3-5-7-19)23-16-24(28)27(25(23)29)20-10-12-21(32-2)13-11-20/h3-15,23H,16-17H2,1-2H3. The summed E-state index contributed by atoms with van der Waals surface area (Å²) in [5.41, 5.74) is 2.01. The maximum atomic E-state index is 13.6. The van der Waals surface area contributed by atoms with Crippen LogP contribution in [0.5, 0.6) is 5.75 Å². The van der Waals surface area contributed by atoms with Crippen LogP contribution in [-0.4, -0.2) is 37.7 Å². The van der Waals surface area contributed by atoms with Crippen LogP contribution >= 0.6 is 0 Å². The highest BCUT2D eigenvalue weighted by Gasteiger charge is 2.47. The van der Waals surface area contributed by atoms with E-state index in [-0.39, 0.29) is 17.9 Å². The summed E-state index contributed by atoms with van der Waals surface area (Å²) in [7, 11) is -2.54. The zero-order chi connectivity index (χ0) is 23.6. The number of rotatable bonds is 7. The Morgan fingerprint density at radius 2 is 1.58 bits per heavy atom. The molecule has 7 nitrogen and oxygen atoms in total. The smallest absolute Gasteiger partial charge is 0.252 e. The molecule has 1 fully saturated rings. The lowest BCUT2D eigenvalue weighted by Gasteiger charge is -2.27. The molecule has 8 heteroatoms. The summed E-state index contributed by atoms with van der Waals surface area (Å²) in [6.45, 7) is 1.83. The highest BCUT2D eigenvalue weighted by atomic mass is 32.2. The number of amides is 2. The number of anilines is 1. The minimum atomic E-state index is -4.06. The molecule has 170 valence electrons. The first kappa shape index (κ1) is 22.7. The number of aryl methyl sites for hydroxylation is 1. The molecule has 1 atom stereocenters. The molecule has 3 aromatic rings. The van der Waals surface area contributed by atoms with E-state index in [4.69, 9.17) is 4.74 Å². The number of methoxy groups -OCH3 is 1. The molecule has 0 aliphatic carbocycles. The normalized spacial score (nSPS) is 16.5. The van der Waals surface area contributed by atoms with Crippen LogP contribution in [0.2, 0.25) is 0 Å². The molecule has 1 saturated heterocycles. The van der Waals surface area contributed by atoms with Crippen molar-refractivity contribution >= 4 is 27.5 Å². The topological polar surface area (TPSA) is 84.0 Å². The van der Waals surface area contributed by atoms with Crippen molar-refractivity contribution in [2.24, 2.45) is 0 Å². The highest BCUT2D eigenvalue weighted by Crippen LogP contribution is 2.31. The van der Waals surface area contributed by atoms with Gasteiger partial charge in [-0.25, -0.2) is 13.3 Å². The summed E-state index contributed by atoms with van der Waals surface area (Å²) < 4.78 is 33.6. The number of nitrogens with zero attached hydrogens (tertiary/aromatic N) is 2. The van der Waals surface area contributed by atoms with Crippen LogP contribution in [0.15, 0.2) is 83.8 Å². The molecule has 0 N–H and O–H groups in total. The van der Waals surface area contributed by atoms with Gasteiger partial charge in [0.05, 0.1) is 24.1 Å². The Balaban J connectivity index is 1.73. The first-order valence-electron chi connectivity index (χ1n) is 10.4. The van der Waals surface area contributed by atoms with Gasteiger partial charge < -0.3 is 4.74 Å². The van der Waals surface area contributed by atoms with Gasteiger partial charge in [-0.1, -0.05) is 48.0 Å². The van der Waals surface area contributed by atoms with Gasteiger partial charge in [0.2, 0.25) is 15.9 Å². The summed E-state index contributed by atoms with van der Waals surface area (Å²) in [5.74, 6) is -0.439. The molecule has 1 aliphatic rings. The summed E-state index contributed by atoms with van der Waals surface area (Å²) >= 11 is 0. The third-order valence-electron chi connectivity index (χ3n) is 5.61. The van der Waals surface area contributed by atoms with Crippen molar-refractivity contribution in [1.82, 2.24) is 4.31 Å². The first-order chi connectivity index (χ1) is 15.8. The van der Waals surface area contributed by atoms with Gasteiger partial charge in [-0.05, 0) is 48.9 Å². The Labute approximate surface area is 193 Å². The van der Waals surface area contributed by atoms with Gasteiger partial charge in [-0.2, -0.15) is 4.31 Å². The molecule has 0 bridgehead atoms. The summed E-state index contributed by atoms with van der Waals surface area (Å²) in [4.78, 5) is 27.4. The number of ether oxygens (including phenoxy) is 1. The van der Waals surface area contributed by atoms with Crippen molar-refractivity contribution in [1.29, 1.82) is 0 Å².